The van der Waals surface area contributed by atoms with Crippen molar-refractivity contribution in [1.29, 1.82) is 0 Å². The molecule has 3 rings (SSSR count). The van der Waals surface area contributed by atoms with Crippen LogP contribution in [0, 0.1) is 0 Å². The van der Waals surface area contributed by atoms with Gasteiger partial charge in [-0.3, -0.25) is 4.79 Å². The summed E-state index contributed by atoms with van der Waals surface area (Å²) in [4.78, 5) is 13.4. The second kappa shape index (κ2) is 6.13. The van der Waals surface area contributed by atoms with Gasteiger partial charge in [-0.05, 0) is 35.5 Å². The number of tetrazole rings is 1. The number of nitrogens with zero attached hydrogens (tertiary/aromatic N) is 4. The topological polar surface area (TPSA) is 72.7 Å². The summed E-state index contributed by atoms with van der Waals surface area (Å²) < 4.78 is 0. The van der Waals surface area contributed by atoms with Crippen LogP contribution in [0.1, 0.15) is 10.6 Å². The number of rotatable bonds is 3. The van der Waals surface area contributed by atoms with Crippen molar-refractivity contribution in [2.24, 2.45) is 0 Å². The molecule has 0 unspecified atom stereocenters. The Bertz CT molecular complexity index is 819. The summed E-state index contributed by atoms with van der Waals surface area (Å²) in [6.45, 7) is 0. The zero-order valence-corrected chi connectivity index (χ0v) is 12.6. The van der Waals surface area contributed by atoms with E-state index in [0.29, 0.717) is 21.4 Å². The molecule has 1 aromatic heterocycles. The van der Waals surface area contributed by atoms with Gasteiger partial charge in [-0.25, -0.2) is 0 Å². The van der Waals surface area contributed by atoms with Crippen molar-refractivity contribution in [2.75, 3.05) is 5.32 Å². The van der Waals surface area contributed by atoms with Crippen molar-refractivity contribution in [3.63, 3.8) is 0 Å². The Balaban J connectivity index is 1.78. The molecule has 0 aliphatic carbocycles. The molecular formula is C14H9Cl2N5O. The van der Waals surface area contributed by atoms with Crippen LogP contribution < -0.4 is 5.32 Å². The fourth-order valence-corrected chi connectivity index (χ4v) is 2.03. The van der Waals surface area contributed by atoms with Crippen molar-refractivity contribution in [1.82, 2.24) is 20.2 Å². The van der Waals surface area contributed by atoms with Crippen LogP contribution in [0.5, 0.6) is 0 Å². The van der Waals surface area contributed by atoms with E-state index in [-0.39, 0.29) is 5.82 Å². The van der Waals surface area contributed by atoms with E-state index in [1.165, 1.54) is 4.80 Å². The molecule has 0 saturated carbocycles. The highest BCUT2D eigenvalue weighted by Gasteiger charge is 2.14. The van der Waals surface area contributed by atoms with Gasteiger partial charge >= 0.3 is 0 Å². The lowest BCUT2D eigenvalue weighted by molar-refractivity contribution is 0.101. The molecule has 3 aromatic rings. The molecule has 2 aromatic carbocycles. The molecular weight excluding hydrogens is 325 g/mol. The van der Waals surface area contributed by atoms with Gasteiger partial charge in [-0.1, -0.05) is 41.4 Å². The maximum absolute atomic E-state index is 12.1. The Morgan fingerprint density at radius 2 is 1.82 bits per heavy atom. The molecule has 1 heterocycles. The molecule has 0 bridgehead atoms. The first-order valence-corrected chi connectivity index (χ1v) is 7.01. The number of amides is 1. The Morgan fingerprint density at radius 3 is 2.55 bits per heavy atom. The lowest BCUT2D eigenvalue weighted by atomic mass is 10.3. The molecule has 1 N–H and O–H groups in total. The first-order chi connectivity index (χ1) is 10.6. The molecule has 0 aliphatic heterocycles. The summed E-state index contributed by atoms with van der Waals surface area (Å²) in [6.07, 6.45) is 0. The number of carbonyl (C=O) groups is 1. The highest BCUT2D eigenvalue weighted by atomic mass is 35.5. The average Bonchev–Trinajstić information content (AvgIpc) is 3.02. The predicted octanol–water partition coefficient (Wildman–Crippen LogP) is 3.22. The number of anilines is 1. The standard InChI is InChI=1S/C14H9Cl2N5O/c15-11-7-6-9(8-12(11)16)17-14(22)13-18-20-21(19-13)10-4-2-1-3-5-10/h1-8H,(H,17,22). The maximum atomic E-state index is 12.1. The van der Waals surface area contributed by atoms with Gasteiger partial charge in [-0.2, -0.15) is 0 Å². The Labute approximate surface area is 135 Å². The number of aromatic nitrogens is 4. The molecule has 0 aliphatic rings. The van der Waals surface area contributed by atoms with Crippen LogP contribution in [0.4, 0.5) is 5.69 Å². The molecule has 110 valence electrons. The van der Waals surface area contributed by atoms with Crippen LogP contribution in [0.25, 0.3) is 5.69 Å². The van der Waals surface area contributed by atoms with E-state index in [1.54, 1.807) is 18.2 Å². The minimum absolute atomic E-state index is 0.0464. The number of hydrogen-bond donors (Lipinski definition) is 1. The van der Waals surface area contributed by atoms with Gasteiger partial charge in [0.1, 0.15) is 0 Å². The van der Waals surface area contributed by atoms with Gasteiger partial charge in [0.25, 0.3) is 11.7 Å². The smallest absolute Gasteiger partial charge is 0.297 e. The zero-order chi connectivity index (χ0) is 15.5. The van der Waals surface area contributed by atoms with Crippen LogP contribution in [-0.4, -0.2) is 26.1 Å². The van der Waals surface area contributed by atoms with E-state index in [4.69, 9.17) is 23.2 Å². The average molecular weight is 334 g/mol. The quantitative estimate of drug-likeness (QED) is 0.798. The predicted molar refractivity (Wildman–Crippen MR) is 83.6 cm³/mol. The number of benzene rings is 2. The van der Waals surface area contributed by atoms with Crippen LogP contribution in [0.15, 0.2) is 48.5 Å². The molecule has 22 heavy (non-hydrogen) atoms. The monoisotopic (exact) mass is 333 g/mol. The minimum atomic E-state index is -0.486. The molecule has 0 fully saturated rings. The van der Waals surface area contributed by atoms with Gasteiger partial charge in [0.05, 0.1) is 15.7 Å². The van der Waals surface area contributed by atoms with Crippen molar-refractivity contribution in [3.8, 4) is 5.69 Å². The highest BCUT2D eigenvalue weighted by Crippen LogP contribution is 2.25. The first-order valence-electron chi connectivity index (χ1n) is 6.25. The molecule has 6 nitrogen and oxygen atoms in total. The van der Waals surface area contributed by atoms with E-state index < -0.39 is 5.91 Å². The number of carbonyl (C=O) groups excluding carboxylic acids is 1. The minimum Gasteiger partial charge on any atom is -0.319 e. The van der Waals surface area contributed by atoms with E-state index in [0.717, 1.165) is 0 Å². The molecule has 0 spiro atoms. The number of para-hydroxylation sites is 1. The second-order valence-corrected chi connectivity index (χ2v) is 5.14. The van der Waals surface area contributed by atoms with Crippen LogP contribution in [0.2, 0.25) is 10.0 Å². The Hall–Kier alpha value is -2.44. The normalized spacial score (nSPS) is 10.5. The molecule has 1 amide bonds. The second-order valence-electron chi connectivity index (χ2n) is 4.32. The summed E-state index contributed by atoms with van der Waals surface area (Å²) in [5, 5.41) is 15.0. The van der Waals surface area contributed by atoms with E-state index in [9.17, 15) is 4.79 Å². The molecule has 0 saturated heterocycles. The highest BCUT2D eigenvalue weighted by molar-refractivity contribution is 6.42. The summed E-state index contributed by atoms with van der Waals surface area (Å²) in [5.41, 5.74) is 1.21. The van der Waals surface area contributed by atoms with Gasteiger partial charge in [-0.15, -0.1) is 15.0 Å². The molecule has 0 atom stereocenters. The van der Waals surface area contributed by atoms with Crippen molar-refractivity contribution < 1.29 is 4.79 Å². The van der Waals surface area contributed by atoms with E-state index in [2.05, 4.69) is 20.7 Å². The lowest BCUT2D eigenvalue weighted by Gasteiger charge is -2.03. The third kappa shape index (κ3) is 3.08. The fourth-order valence-electron chi connectivity index (χ4n) is 1.74. The van der Waals surface area contributed by atoms with Crippen LogP contribution >= 0.6 is 23.2 Å². The Morgan fingerprint density at radius 1 is 1.05 bits per heavy atom. The zero-order valence-electron chi connectivity index (χ0n) is 11.1. The summed E-state index contributed by atoms with van der Waals surface area (Å²) >= 11 is 11.7. The fraction of sp³-hybridized carbons (Fsp3) is 0. The van der Waals surface area contributed by atoms with Crippen molar-refractivity contribution >= 4 is 34.8 Å². The largest absolute Gasteiger partial charge is 0.319 e. The van der Waals surface area contributed by atoms with E-state index in [1.807, 2.05) is 30.3 Å². The molecule has 8 heteroatoms. The first kappa shape index (κ1) is 14.5. The number of nitrogens with one attached hydrogen (secondary N) is 1. The summed E-state index contributed by atoms with van der Waals surface area (Å²) in [6, 6.07) is 13.9. The molecule has 0 radical (unpaired) electrons. The number of hydrogen-bond acceptors (Lipinski definition) is 4. The third-order valence-corrected chi connectivity index (χ3v) is 3.52. The van der Waals surface area contributed by atoms with Gasteiger partial charge < -0.3 is 5.32 Å². The SMILES string of the molecule is O=C(Nc1ccc(Cl)c(Cl)c1)c1nnn(-c2ccccc2)n1. The summed E-state index contributed by atoms with van der Waals surface area (Å²) in [5.74, 6) is -0.532. The Kier molecular flexibility index (Phi) is 4.04. The van der Waals surface area contributed by atoms with Crippen LogP contribution in [-0.2, 0) is 0 Å². The van der Waals surface area contributed by atoms with E-state index >= 15 is 0 Å². The number of halogens is 2. The van der Waals surface area contributed by atoms with Gasteiger partial charge in [0.2, 0.25) is 0 Å². The van der Waals surface area contributed by atoms with Gasteiger partial charge in [0, 0.05) is 5.69 Å². The maximum Gasteiger partial charge on any atom is 0.297 e. The third-order valence-electron chi connectivity index (χ3n) is 2.78. The van der Waals surface area contributed by atoms with Crippen molar-refractivity contribution in [2.45, 2.75) is 0 Å². The lowest BCUT2D eigenvalue weighted by Crippen LogP contribution is -2.14. The summed E-state index contributed by atoms with van der Waals surface area (Å²) in [7, 11) is 0. The van der Waals surface area contributed by atoms with Crippen molar-refractivity contribution in [3.05, 3.63) is 64.4 Å². The van der Waals surface area contributed by atoms with Crippen LogP contribution in [0.3, 0.4) is 0 Å². The van der Waals surface area contributed by atoms with Gasteiger partial charge in [0.15, 0.2) is 0 Å².